The molecule has 0 radical (unpaired) electrons. The molecule has 0 saturated carbocycles. The first-order chi connectivity index (χ1) is 16.8. The minimum atomic E-state index is 0.538. The molecular formula is C34H62. The SMILES string of the molecule is CCCCCC=CC(CCCCCCC)C(=C=CCCCCCCCC)/C=C/CCCCCC. The highest BCUT2D eigenvalue weighted by Crippen LogP contribution is 2.23. The van der Waals surface area contributed by atoms with Crippen LogP contribution >= 0.6 is 0 Å². The van der Waals surface area contributed by atoms with Crippen molar-refractivity contribution in [1.82, 2.24) is 0 Å². The lowest BCUT2D eigenvalue weighted by molar-refractivity contribution is 0.566. The summed E-state index contributed by atoms with van der Waals surface area (Å²) in [6.07, 6.45) is 41.6. The Bertz CT molecular complexity index is 514. The average Bonchev–Trinajstić information content (AvgIpc) is 2.85. The van der Waals surface area contributed by atoms with Crippen LogP contribution in [-0.4, -0.2) is 0 Å². The molecule has 0 spiro atoms. The van der Waals surface area contributed by atoms with E-state index in [0.717, 1.165) is 0 Å². The Morgan fingerprint density at radius 2 is 1.00 bits per heavy atom. The maximum Gasteiger partial charge on any atom is 0.00911 e. The van der Waals surface area contributed by atoms with Gasteiger partial charge < -0.3 is 0 Å². The first-order valence-electron chi connectivity index (χ1n) is 15.6. The summed E-state index contributed by atoms with van der Waals surface area (Å²) in [5, 5.41) is 0. The molecule has 0 aromatic heterocycles. The summed E-state index contributed by atoms with van der Waals surface area (Å²) < 4.78 is 0. The summed E-state index contributed by atoms with van der Waals surface area (Å²) in [6.45, 7) is 9.19. The van der Waals surface area contributed by atoms with Crippen molar-refractivity contribution in [3.8, 4) is 0 Å². The highest BCUT2D eigenvalue weighted by molar-refractivity contribution is 5.25. The third kappa shape index (κ3) is 22.8. The van der Waals surface area contributed by atoms with E-state index in [4.69, 9.17) is 0 Å². The van der Waals surface area contributed by atoms with Gasteiger partial charge in [0.15, 0.2) is 0 Å². The van der Waals surface area contributed by atoms with Gasteiger partial charge in [-0.2, -0.15) is 0 Å². The Kier molecular flexibility index (Phi) is 27.4. The van der Waals surface area contributed by atoms with Crippen molar-refractivity contribution < 1.29 is 0 Å². The van der Waals surface area contributed by atoms with Gasteiger partial charge in [-0.05, 0) is 51.0 Å². The topological polar surface area (TPSA) is 0 Å². The second-order valence-electron chi connectivity index (χ2n) is 10.3. The summed E-state index contributed by atoms with van der Waals surface area (Å²) in [6, 6.07) is 0. The van der Waals surface area contributed by atoms with Gasteiger partial charge in [-0.1, -0.05) is 148 Å². The molecule has 0 N–H and O–H groups in total. The summed E-state index contributed by atoms with van der Waals surface area (Å²) in [5.74, 6) is 0.538. The van der Waals surface area contributed by atoms with E-state index in [-0.39, 0.29) is 0 Å². The van der Waals surface area contributed by atoms with Gasteiger partial charge in [-0.3, -0.25) is 0 Å². The van der Waals surface area contributed by atoms with E-state index in [0.29, 0.717) is 5.92 Å². The molecule has 0 aromatic rings. The minimum Gasteiger partial charge on any atom is -0.121 e. The summed E-state index contributed by atoms with van der Waals surface area (Å²) in [5.41, 5.74) is 5.22. The molecule has 0 aliphatic carbocycles. The number of unbranched alkanes of at least 4 members (excludes halogenated alkanes) is 17. The molecule has 1 atom stereocenters. The Morgan fingerprint density at radius 1 is 0.529 bits per heavy atom. The van der Waals surface area contributed by atoms with Crippen molar-refractivity contribution in [3.05, 3.63) is 41.7 Å². The van der Waals surface area contributed by atoms with Crippen LogP contribution in [0.1, 0.15) is 169 Å². The normalized spacial score (nSPS) is 12.5. The lowest BCUT2D eigenvalue weighted by Crippen LogP contribution is -1.99. The Balaban J connectivity index is 5.13. The molecule has 0 aliphatic rings. The van der Waals surface area contributed by atoms with E-state index in [1.54, 1.807) is 0 Å². The molecule has 0 saturated heterocycles. The average molecular weight is 471 g/mol. The lowest BCUT2D eigenvalue weighted by Gasteiger charge is -2.13. The Morgan fingerprint density at radius 3 is 1.68 bits per heavy atom. The van der Waals surface area contributed by atoms with Gasteiger partial charge in [-0.25, -0.2) is 0 Å². The predicted octanol–water partition coefficient (Wildman–Crippen LogP) is 12.5. The maximum absolute atomic E-state index is 3.78. The standard InChI is InChI=1S/C34H62/c1-5-9-13-17-19-20-24-28-32-34(31-27-23-18-14-10-6-2)33(29-25-21-15-11-7-3)30-26-22-16-12-8-4/h25,27-29,31,33H,5-24,26,30H2,1-4H3/b29-25?,31-27+. The van der Waals surface area contributed by atoms with Crippen molar-refractivity contribution in [2.45, 2.75) is 169 Å². The van der Waals surface area contributed by atoms with Crippen LogP contribution in [0.5, 0.6) is 0 Å². The van der Waals surface area contributed by atoms with Gasteiger partial charge in [0.25, 0.3) is 0 Å². The molecule has 0 rings (SSSR count). The minimum absolute atomic E-state index is 0.538. The third-order valence-electron chi connectivity index (χ3n) is 6.85. The molecule has 1 unspecified atom stereocenters. The summed E-state index contributed by atoms with van der Waals surface area (Å²) >= 11 is 0. The smallest absolute Gasteiger partial charge is 0.00911 e. The Hall–Kier alpha value is -1.00. The monoisotopic (exact) mass is 470 g/mol. The molecular weight excluding hydrogens is 408 g/mol. The molecule has 0 heterocycles. The highest BCUT2D eigenvalue weighted by Gasteiger charge is 2.09. The van der Waals surface area contributed by atoms with Crippen LogP contribution in [-0.2, 0) is 0 Å². The first kappa shape index (κ1) is 33.0. The van der Waals surface area contributed by atoms with Crippen LogP contribution in [0.25, 0.3) is 0 Å². The van der Waals surface area contributed by atoms with Crippen LogP contribution in [0.4, 0.5) is 0 Å². The molecule has 0 bridgehead atoms. The van der Waals surface area contributed by atoms with E-state index in [9.17, 15) is 0 Å². The summed E-state index contributed by atoms with van der Waals surface area (Å²) in [4.78, 5) is 0. The predicted molar refractivity (Wildman–Crippen MR) is 158 cm³/mol. The van der Waals surface area contributed by atoms with Crippen molar-refractivity contribution in [2.24, 2.45) is 5.92 Å². The zero-order chi connectivity index (χ0) is 25.0. The fraction of sp³-hybridized carbons (Fsp3) is 0.794. The van der Waals surface area contributed by atoms with Gasteiger partial charge in [-0.15, -0.1) is 5.73 Å². The largest absolute Gasteiger partial charge is 0.121 e. The quantitative estimate of drug-likeness (QED) is 0.0538. The number of allylic oxidation sites excluding steroid dienone is 5. The fourth-order valence-corrected chi connectivity index (χ4v) is 4.49. The number of hydrogen-bond donors (Lipinski definition) is 0. The van der Waals surface area contributed by atoms with Gasteiger partial charge >= 0.3 is 0 Å². The number of rotatable bonds is 25. The zero-order valence-electron chi connectivity index (χ0n) is 24.0. The van der Waals surface area contributed by atoms with Crippen molar-refractivity contribution in [3.63, 3.8) is 0 Å². The van der Waals surface area contributed by atoms with Crippen LogP contribution < -0.4 is 0 Å². The molecule has 34 heavy (non-hydrogen) atoms. The van der Waals surface area contributed by atoms with E-state index in [1.807, 2.05) is 0 Å². The van der Waals surface area contributed by atoms with Crippen LogP contribution in [0, 0.1) is 5.92 Å². The number of hydrogen-bond acceptors (Lipinski definition) is 0. The van der Waals surface area contributed by atoms with Crippen molar-refractivity contribution in [2.75, 3.05) is 0 Å². The third-order valence-corrected chi connectivity index (χ3v) is 6.85. The molecule has 198 valence electrons. The summed E-state index contributed by atoms with van der Waals surface area (Å²) in [7, 11) is 0. The van der Waals surface area contributed by atoms with E-state index in [1.165, 1.54) is 147 Å². The van der Waals surface area contributed by atoms with Crippen LogP contribution in [0.2, 0.25) is 0 Å². The molecule has 0 aromatic carbocycles. The van der Waals surface area contributed by atoms with Gasteiger partial charge in [0, 0.05) is 11.5 Å². The van der Waals surface area contributed by atoms with Gasteiger partial charge in [0.1, 0.15) is 0 Å². The van der Waals surface area contributed by atoms with E-state index >= 15 is 0 Å². The highest BCUT2D eigenvalue weighted by atomic mass is 14.1. The van der Waals surface area contributed by atoms with Gasteiger partial charge in [0.05, 0.1) is 0 Å². The maximum atomic E-state index is 3.78. The molecule has 0 aliphatic heterocycles. The van der Waals surface area contributed by atoms with Crippen molar-refractivity contribution >= 4 is 0 Å². The molecule has 0 heteroatoms. The Labute approximate surface area is 216 Å². The van der Waals surface area contributed by atoms with Crippen LogP contribution in [0.15, 0.2) is 41.7 Å². The second-order valence-corrected chi connectivity index (χ2v) is 10.3. The van der Waals surface area contributed by atoms with Gasteiger partial charge in [0.2, 0.25) is 0 Å². The van der Waals surface area contributed by atoms with E-state index in [2.05, 4.69) is 63.8 Å². The first-order valence-corrected chi connectivity index (χ1v) is 15.6. The molecule has 0 nitrogen and oxygen atoms in total. The molecule has 0 amide bonds. The fourth-order valence-electron chi connectivity index (χ4n) is 4.49. The molecule has 0 fully saturated rings. The zero-order valence-corrected chi connectivity index (χ0v) is 24.0. The van der Waals surface area contributed by atoms with Crippen LogP contribution in [0.3, 0.4) is 0 Å². The van der Waals surface area contributed by atoms with Crippen molar-refractivity contribution in [1.29, 1.82) is 0 Å². The second kappa shape index (κ2) is 28.2. The van der Waals surface area contributed by atoms with E-state index < -0.39 is 0 Å². The lowest BCUT2D eigenvalue weighted by atomic mass is 9.91.